The van der Waals surface area contributed by atoms with Crippen molar-refractivity contribution in [2.24, 2.45) is 0 Å². The fourth-order valence-corrected chi connectivity index (χ4v) is 2.55. The van der Waals surface area contributed by atoms with E-state index in [1.807, 2.05) is 45.9 Å². The summed E-state index contributed by atoms with van der Waals surface area (Å²) in [7, 11) is 0. The molecule has 7 heteroatoms. The van der Waals surface area contributed by atoms with Gasteiger partial charge in [-0.1, -0.05) is 18.2 Å². The maximum absolute atomic E-state index is 9.46. The van der Waals surface area contributed by atoms with Gasteiger partial charge in [0.05, 0.1) is 34.9 Å². The molecule has 1 atom stereocenters. The van der Waals surface area contributed by atoms with Crippen LogP contribution >= 0.6 is 24.0 Å². The quantitative estimate of drug-likeness (QED) is 0.728. The maximum atomic E-state index is 9.46. The Balaban J connectivity index is 0.00000312. The van der Waals surface area contributed by atoms with E-state index < -0.39 is 10.8 Å². The van der Waals surface area contributed by atoms with Gasteiger partial charge in [0.1, 0.15) is 12.7 Å². The predicted molar refractivity (Wildman–Crippen MR) is 99.6 cm³/mol. The van der Waals surface area contributed by atoms with Crippen molar-refractivity contribution in [2.45, 2.75) is 50.4 Å². The predicted octanol–water partition coefficient (Wildman–Crippen LogP) is 4.28. The lowest BCUT2D eigenvalue weighted by atomic mass is 9.78. The molecular weight excluding hydrogens is 357 g/mol. The van der Waals surface area contributed by atoms with Crippen LogP contribution in [-0.4, -0.2) is 14.8 Å². The zero-order valence-electron chi connectivity index (χ0n) is 14.7. The van der Waals surface area contributed by atoms with Crippen molar-refractivity contribution in [3.8, 4) is 12.1 Å². The second-order valence-electron chi connectivity index (χ2n) is 6.90. The van der Waals surface area contributed by atoms with Crippen LogP contribution in [0.4, 0.5) is 0 Å². The molecule has 0 aliphatic rings. The number of benzene rings is 1. The first kappa shape index (κ1) is 21.0. The molecule has 2 aromatic rings. The van der Waals surface area contributed by atoms with Crippen molar-refractivity contribution in [1.29, 1.82) is 10.5 Å². The lowest BCUT2D eigenvalue weighted by Crippen LogP contribution is -2.20. The molecule has 0 amide bonds. The highest BCUT2D eigenvalue weighted by atomic mass is 35.5. The minimum atomic E-state index is -0.667. The summed E-state index contributed by atoms with van der Waals surface area (Å²) in [4.78, 5) is 3.92. The van der Waals surface area contributed by atoms with Crippen molar-refractivity contribution in [1.82, 2.24) is 14.8 Å². The van der Waals surface area contributed by atoms with Crippen LogP contribution in [0.2, 0.25) is 0 Å². The number of rotatable bonds is 5. The number of nitrogens with zero attached hydrogens (tertiary/aromatic N) is 5. The molecular formula is C18H21Cl2N5. The smallest absolute Gasteiger partial charge is 0.137 e. The van der Waals surface area contributed by atoms with Gasteiger partial charge in [-0.15, -0.1) is 24.0 Å². The molecule has 0 spiro atoms. The Morgan fingerprint density at radius 3 is 2.00 bits per heavy atom. The zero-order valence-corrected chi connectivity index (χ0v) is 16.3. The molecule has 1 aromatic carbocycles. The van der Waals surface area contributed by atoms with Crippen molar-refractivity contribution >= 4 is 24.0 Å². The molecule has 0 fully saturated rings. The molecule has 2 rings (SSSR count). The van der Waals surface area contributed by atoms with Gasteiger partial charge in [-0.05, 0) is 44.4 Å². The monoisotopic (exact) mass is 377 g/mol. The average Bonchev–Trinajstić information content (AvgIpc) is 3.07. The summed E-state index contributed by atoms with van der Waals surface area (Å²) >= 11 is 6.57. The summed E-state index contributed by atoms with van der Waals surface area (Å²) in [5, 5.41) is 22.7. The molecule has 1 unspecified atom stereocenters. The summed E-state index contributed by atoms with van der Waals surface area (Å²) in [5.41, 5.74) is 1.24. The van der Waals surface area contributed by atoms with Crippen LogP contribution in [0.3, 0.4) is 0 Å². The lowest BCUT2D eigenvalue weighted by molar-refractivity contribution is 0.595. The summed E-state index contributed by atoms with van der Waals surface area (Å²) in [6.07, 6.45) is 3.07. The van der Waals surface area contributed by atoms with Crippen LogP contribution in [0.1, 0.15) is 49.8 Å². The molecule has 1 heterocycles. The van der Waals surface area contributed by atoms with Crippen LogP contribution in [0.5, 0.6) is 0 Å². The molecule has 0 saturated heterocycles. The van der Waals surface area contributed by atoms with Gasteiger partial charge in [-0.3, -0.25) is 4.68 Å². The average molecular weight is 378 g/mol. The molecule has 0 aliphatic heterocycles. The van der Waals surface area contributed by atoms with Crippen LogP contribution in [0.15, 0.2) is 30.9 Å². The fourth-order valence-electron chi connectivity index (χ4n) is 2.28. The highest BCUT2D eigenvalue weighted by Crippen LogP contribution is 2.34. The van der Waals surface area contributed by atoms with E-state index >= 15 is 0 Å². The Morgan fingerprint density at radius 1 is 1.08 bits per heavy atom. The summed E-state index contributed by atoms with van der Waals surface area (Å²) < 4.78 is 1.66. The molecule has 132 valence electrons. The highest BCUT2D eigenvalue weighted by molar-refractivity contribution is 6.20. The van der Waals surface area contributed by atoms with E-state index in [-0.39, 0.29) is 17.8 Å². The zero-order chi connectivity index (χ0) is 18.0. The van der Waals surface area contributed by atoms with Crippen LogP contribution in [0.25, 0.3) is 0 Å². The number of nitriles is 2. The Kier molecular flexibility index (Phi) is 6.60. The summed E-state index contributed by atoms with van der Waals surface area (Å²) in [6, 6.07) is 10.4. The number of aromatic nitrogens is 3. The molecule has 5 nitrogen and oxygen atoms in total. The summed E-state index contributed by atoms with van der Waals surface area (Å²) in [5.74, 6) is 0. The molecule has 0 radical (unpaired) electrons. The minimum absolute atomic E-state index is 0. The highest BCUT2D eigenvalue weighted by Gasteiger charge is 2.27. The third kappa shape index (κ3) is 4.72. The van der Waals surface area contributed by atoms with Crippen LogP contribution in [-0.2, 0) is 17.4 Å². The van der Waals surface area contributed by atoms with Gasteiger partial charge in [0.25, 0.3) is 0 Å². The van der Waals surface area contributed by atoms with E-state index in [1.165, 1.54) is 6.33 Å². The SMILES string of the molecule is CC(C)(C#N)c1cc(C(Cl)Cn2cncn2)cc(C(C)(C)C#N)c1.Cl. The molecule has 0 N–H and O–H groups in total. The molecule has 0 aliphatic carbocycles. The van der Waals surface area contributed by atoms with Crippen molar-refractivity contribution in [3.05, 3.63) is 47.5 Å². The Hall–Kier alpha value is -2.08. The molecule has 0 saturated carbocycles. The van der Waals surface area contributed by atoms with E-state index in [0.29, 0.717) is 6.54 Å². The third-order valence-corrected chi connectivity index (χ3v) is 4.52. The van der Waals surface area contributed by atoms with Gasteiger partial charge in [0.2, 0.25) is 0 Å². The molecule has 25 heavy (non-hydrogen) atoms. The largest absolute Gasteiger partial charge is 0.251 e. The van der Waals surface area contributed by atoms with Crippen molar-refractivity contribution in [2.75, 3.05) is 0 Å². The number of hydrogen-bond acceptors (Lipinski definition) is 4. The van der Waals surface area contributed by atoms with Crippen LogP contribution in [0, 0.1) is 22.7 Å². The number of halogens is 2. The van der Waals surface area contributed by atoms with E-state index in [9.17, 15) is 10.5 Å². The number of alkyl halides is 1. The van der Waals surface area contributed by atoms with Gasteiger partial charge >= 0.3 is 0 Å². The second kappa shape index (κ2) is 7.87. The van der Waals surface area contributed by atoms with E-state index in [2.05, 4.69) is 22.2 Å². The van der Waals surface area contributed by atoms with E-state index in [0.717, 1.165) is 16.7 Å². The standard InChI is InChI=1S/C18H20ClN5.ClH/c1-17(2,9-20)14-5-13(6-15(7-14)18(3,4)10-21)16(19)8-24-12-22-11-23-24;/h5-7,11-12,16H,8H2,1-4H3;1H. The Morgan fingerprint density at radius 2 is 1.60 bits per heavy atom. The van der Waals surface area contributed by atoms with Gasteiger partial charge in [-0.2, -0.15) is 15.6 Å². The Bertz CT molecular complexity index is 754. The van der Waals surface area contributed by atoms with Crippen molar-refractivity contribution < 1.29 is 0 Å². The van der Waals surface area contributed by atoms with Gasteiger partial charge in [-0.25, -0.2) is 4.98 Å². The normalized spacial score (nSPS) is 12.6. The van der Waals surface area contributed by atoms with Gasteiger partial charge < -0.3 is 0 Å². The van der Waals surface area contributed by atoms with Gasteiger partial charge in [0.15, 0.2) is 0 Å². The van der Waals surface area contributed by atoms with Gasteiger partial charge in [0, 0.05) is 0 Å². The third-order valence-electron chi connectivity index (χ3n) is 4.13. The Labute approximate surface area is 159 Å². The second-order valence-corrected chi connectivity index (χ2v) is 7.43. The number of hydrogen-bond donors (Lipinski definition) is 0. The first-order chi connectivity index (χ1) is 11.2. The van der Waals surface area contributed by atoms with E-state index in [4.69, 9.17) is 11.6 Å². The minimum Gasteiger partial charge on any atom is -0.251 e. The fraction of sp³-hybridized carbons (Fsp3) is 0.444. The first-order valence-electron chi connectivity index (χ1n) is 7.64. The van der Waals surface area contributed by atoms with Crippen molar-refractivity contribution in [3.63, 3.8) is 0 Å². The summed E-state index contributed by atoms with van der Waals surface area (Å²) in [6.45, 7) is 7.89. The molecule has 0 bridgehead atoms. The first-order valence-corrected chi connectivity index (χ1v) is 8.08. The topological polar surface area (TPSA) is 78.3 Å². The maximum Gasteiger partial charge on any atom is 0.137 e. The van der Waals surface area contributed by atoms with Crippen LogP contribution < -0.4 is 0 Å². The van der Waals surface area contributed by atoms with E-state index in [1.54, 1.807) is 11.0 Å². The molecule has 1 aromatic heterocycles. The lowest BCUT2D eigenvalue weighted by Gasteiger charge is -2.24.